The second-order valence-electron chi connectivity index (χ2n) is 6.36. The molecule has 2 atom stereocenters. The van der Waals surface area contributed by atoms with Gasteiger partial charge in [0.1, 0.15) is 5.75 Å². The first-order chi connectivity index (χ1) is 12.8. The number of hydrogen-bond donors (Lipinski definition) is 0. The minimum atomic E-state index is -0.741. The van der Waals surface area contributed by atoms with Gasteiger partial charge in [0.15, 0.2) is 0 Å². The number of carbonyl (C=O) groups is 1. The number of thiophene rings is 1. The molecule has 2 aliphatic heterocycles. The van der Waals surface area contributed by atoms with Gasteiger partial charge in [-0.1, -0.05) is 54.6 Å². The van der Waals surface area contributed by atoms with Gasteiger partial charge in [-0.15, -0.1) is 11.3 Å². The molecule has 4 nitrogen and oxygen atoms in total. The van der Waals surface area contributed by atoms with E-state index in [4.69, 9.17) is 9.84 Å². The molecule has 3 heterocycles. The number of ketones is 1. The summed E-state index contributed by atoms with van der Waals surface area (Å²) in [4.78, 5) is 14.3. The Morgan fingerprint density at radius 3 is 2.65 bits per heavy atom. The Bertz CT molecular complexity index is 982. The number of Topliss-reactive ketones (excluding diaryl/α,β-unsaturated/α-hetero) is 1. The lowest BCUT2D eigenvalue weighted by molar-refractivity contribution is -0.00455. The van der Waals surface area contributed by atoms with E-state index in [0.717, 1.165) is 28.3 Å². The third kappa shape index (κ3) is 2.44. The van der Waals surface area contributed by atoms with Crippen molar-refractivity contribution < 1.29 is 9.53 Å². The molecule has 5 heteroatoms. The number of hydrazone groups is 1. The maximum Gasteiger partial charge on any atom is 0.251 e. The average Bonchev–Trinajstić information content (AvgIpc) is 3.37. The smallest absolute Gasteiger partial charge is 0.251 e. The van der Waals surface area contributed by atoms with E-state index in [0.29, 0.717) is 5.56 Å². The van der Waals surface area contributed by atoms with Crippen LogP contribution in [0.4, 0.5) is 0 Å². The topological polar surface area (TPSA) is 41.9 Å². The SMILES string of the molecule is O=C(c1ccccc1)[C@@H]1Oc2ccccc2[C@H]2CC(c3cccs3)=NN21. The van der Waals surface area contributed by atoms with Crippen LogP contribution < -0.4 is 4.74 Å². The first kappa shape index (κ1) is 15.3. The first-order valence-corrected chi connectivity index (χ1v) is 9.44. The summed E-state index contributed by atoms with van der Waals surface area (Å²) in [5, 5.41) is 8.68. The number of fused-ring (bicyclic) bond motifs is 3. The molecule has 0 saturated heterocycles. The van der Waals surface area contributed by atoms with Crippen LogP contribution in [0.1, 0.15) is 33.3 Å². The van der Waals surface area contributed by atoms with Crippen molar-refractivity contribution in [3.8, 4) is 5.75 Å². The van der Waals surface area contributed by atoms with Crippen LogP contribution in [0.25, 0.3) is 0 Å². The molecule has 0 amide bonds. The van der Waals surface area contributed by atoms with E-state index in [1.54, 1.807) is 11.3 Å². The van der Waals surface area contributed by atoms with E-state index in [-0.39, 0.29) is 11.8 Å². The highest BCUT2D eigenvalue weighted by molar-refractivity contribution is 7.12. The summed E-state index contributed by atoms with van der Waals surface area (Å²) in [6.45, 7) is 0. The Kier molecular flexibility index (Phi) is 3.60. The van der Waals surface area contributed by atoms with Crippen molar-refractivity contribution in [3.63, 3.8) is 0 Å². The minimum absolute atomic E-state index is 0.0229. The molecule has 2 aromatic carbocycles. The largest absolute Gasteiger partial charge is 0.461 e. The van der Waals surface area contributed by atoms with Crippen LogP contribution in [-0.4, -0.2) is 22.7 Å². The van der Waals surface area contributed by atoms with E-state index < -0.39 is 6.23 Å². The number of ether oxygens (including phenoxy) is 1. The zero-order valence-corrected chi connectivity index (χ0v) is 14.7. The van der Waals surface area contributed by atoms with Gasteiger partial charge in [-0.25, -0.2) is 5.01 Å². The van der Waals surface area contributed by atoms with Crippen molar-refractivity contribution >= 4 is 22.8 Å². The fourth-order valence-electron chi connectivity index (χ4n) is 3.54. The Hall–Kier alpha value is -2.92. The predicted octanol–water partition coefficient (Wildman–Crippen LogP) is 4.50. The average molecular weight is 360 g/mol. The van der Waals surface area contributed by atoms with E-state index in [1.165, 1.54) is 0 Å². The van der Waals surface area contributed by atoms with E-state index >= 15 is 0 Å². The lowest BCUT2D eigenvalue weighted by atomic mass is 9.97. The summed E-state index contributed by atoms with van der Waals surface area (Å²) < 4.78 is 6.10. The molecule has 0 unspecified atom stereocenters. The summed E-state index contributed by atoms with van der Waals surface area (Å²) in [7, 11) is 0. The van der Waals surface area contributed by atoms with E-state index in [2.05, 4.69) is 12.1 Å². The van der Waals surface area contributed by atoms with Crippen LogP contribution in [0.3, 0.4) is 0 Å². The van der Waals surface area contributed by atoms with Crippen LogP contribution in [0.2, 0.25) is 0 Å². The summed E-state index contributed by atoms with van der Waals surface area (Å²) in [6.07, 6.45) is 0.0363. The van der Waals surface area contributed by atoms with Crippen molar-refractivity contribution in [1.29, 1.82) is 0 Å². The van der Waals surface area contributed by atoms with Crippen LogP contribution in [0.5, 0.6) is 5.75 Å². The molecule has 0 radical (unpaired) electrons. The minimum Gasteiger partial charge on any atom is -0.461 e. The first-order valence-electron chi connectivity index (χ1n) is 8.56. The maximum atomic E-state index is 13.1. The Morgan fingerprint density at radius 2 is 1.85 bits per heavy atom. The van der Waals surface area contributed by atoms with Gasteiger partial charge in [-0.05, 0) is 17.5 Å². The standard InChI is InChI=1S/C21H16N2O2S/c24-20(14-7-2-1-3-8-14)21-23-17(15-9-4-5-10-18(15)25-21)13-16(22-23)19-11-6-12-26-19/h1-12,17,21H,13H2/t17-,21+/m1/s1. The molecular formula is C21H16N2O2S. The molecule has 2 aliphatic rings. The number of para-hydroxylation sites is 1. The summed E-state index contributed by atoms with van der Waals surface area (Å²) in [6, 6.07) is 21.3. The highest BCUT2D eigenvalue weighted by atomic mass is 32.1. The van der Waals surface area contributed by atoms with Crippen LogP contribution in [0, 0.1) is 0 Å². The molecule has 0 N–H and O–H groups in total. The quantitative estimate of drug-likeness (QED) is 0.646. The van der Waals surface area contributed by atoms with Crippen molar-refractivity contribution in [1.82, 2.24) is 5.01 Å². The van der Waals surface area contributed by atoms with Gasteiger partial charge in [0, 0.05) is 17.5 Å². The molecule has 0 saturated carbocycles. The maximum absolute atomic E-state index is 13.1. The van der Waals surface area contributed by atoms with Gasteiger partial charge >= 0.3 is 0 Å². The molecular weight excluding hydrogens is 344 g/mol. The predicted molar refractivity (Wildman–Crippen MR) is 102 cm³/mol. The Morgan fingerprint density at radius 1 is 1.04 bits per heavy atom. The van der Waals surface area contributed by atoms with Gasteiger partial charge in [-0.2, -0.15) is 5.10 Å². The van der Waals surface area contributed by atoms with Crippen LogP contribution in [-0.2, 0) is 0 Å². The monoisotopic (exact) mass is 360 g/mol. The molecule has 0 bridgehead atoms. The van der Waals surface area contributed by atoms with Gasteiger partial charge in [0.25, 0.3) is 6.23 Å². The van der Waals surface area contributed by atoms with Gasteiger partial charge in [0.2, 0.25) is 5.78 Å². The van der Waals surface area contributed by atoms with Crippen molar-refractivity contribution in [2.75, 3.05) is 0 Å². The molecule has 26 heavy (non-hydrogen) atoms. The summed E-state index contributed by atoms with van der Waals surface area (Å²) in [5.41, 5.74) is 2.73. The van der Waals surface area contributed by atoms with Crippen molar-refractivity contribution in [2.24, 2.45) is 5.10 Å². The van der Waals surface area contributed by atoms with Crippen LogP contribution >= 0.6 is 11.3 Å². The van der Waals surface area contributed by atoms with Crippen LogP contribution in [0.15, 0.2) is 77.2 Å². The number of hydrogen-bond acceptors (Lipinski definition) is 5. The fraction of sp³-hybridized carbons (Fsp3) is 0.143. The molecule has 128 valence electrons. The zero-order valence-electron chi connectivity index (χ0n) is 13.9. The third-order valence-corrected chi connectivity index (χ3v) is 5.71. The lowest BCUT2D eigenvalue weighted by Gasteiger charge is -2.37. The van der Waals surface area contributed by atoms with Gasteiger partial charge < -0.3 is 4.74 Å². The van der Waals surface area contributed by atoms with E-state index in [9.17, 15) is 4.79 Å². The normalized spacial score (nSPS) is 20.8. The molecule has 3 aromatic rings. The number of carbonyl (C=O) groups excluding carboxylic acids is 1. The number of nitrogens with zero attached hydrogens (tertiary/aromatic N) is 2. The zero-order chi connectivity index (χ0) is 17.5. The fourth-order valence-corrected chi connectivity index (χ4v) is 4.26. The molecule has 5 rings (SSSR count). The molecule has 0 aliphatic carbocycles. The second kappa shape index (κ2) is 6.11. The Labute approximate surface area is 155 Å². The second-order valence-corrected chi connectivity index (χ2v) is 7.31. The van der Waals surface area contributed by atoms with Crippen molar-refractivity contribution in [3.05, 3.63) is 88.1 Å². The van der Waals surface area contributed by atoms with Gasteiger partial charge in [-0.3, -0.25) is 4.79 Å². The summed E-state index contributed by atoms with van der Waals surface area (Å²) in [5.74, 6) is 0.701. The third-order valence-electron chi connectivity index (χ3n) is 4.79. The number of benzene rings is 2. The highest BCUT2D eigenvalue weighted by Crippen LogP contribution is 2.43. The van der Waals surface area contributed by atoms with Gasteiger partial charge in [0.05, 0.1) is 16.6 Å². The molecule has 1 aromatic heterocycles. The Balaban J connectivity index is 1.58. The number of rotatable bonds is 3. The highest BCUT2D eigenvalue weighted by Gasteiger charge is 2.43. The molecule has 0 fully saturated rings. The lowest BCUT2D eigenvalue weighted by Crippen LogP contribution is -2.45. The summed E-state index contributed by atoms with van der Waals surface area (Å²) >= 11 is 1.67. The molecule has 0 spiro atoms. The van der Waals surface area contributed by atoms with E-state index in [1.807, 2.05) is 65.0 Å². The van der Waals surface area contributed by atoms with Crippen molar-refractivity contribution in [2.45, 2.75) is 18.7 Å².